The molecule has 2 rings (SSSR count). The van der Waals surface area contributed by atoms with Crippen LogP contribution in [0, 0.1) is 10.1 Å². The minimum atomic E-state index is -0.624. The molecule has 7 nitrogen and oxygen atoms in total. The molecule has 2 aromatic carbocycles. The molecule has 7 heteroatoms. The van der Waals surface area contributed by atoms with Gasteiger partial charge in [-0.3, -0.25) is 14.9 Å². The SMILES string of the molecule is CC(=O)Nc1ccccc1C(=O)OCc1cccc([N+](=O)[O-])c1. The summed E-state index contributed by atoms with van der Waals surface area (Å²) in [6.45, 7) is 1.24. The first-order valence-corrected chi connectivity index (χ1v) is 6.74. The number of non-ortho nitro benzene ring substituents is 1. The molecule has 0 saturated heterocycles. The van der Waals surface area contributed by atoms with Crippen molar-refractivity contribution in [1.82, 2.24) is 0 Å². The number of hydrogen-bond donors (Lipinski definition) is 1. The lowest BCUT2D eigenvalue weighted by Gasteiger charge is -2.09. The predicted octanol–water partition coefficient (Wildman–Crippen LogP) is 2.91. The van der Waals surface area contributed by atoms with Gasteiger partial charge in [-0.25, -0.2) is 4.79 Å². The molecule has 23 heavy (non-hydrogen) atoms. The summed E-state index contributed by atoms with van der Waals surface area (Å²) >= 11 is 0. The van der Waals surface area contributed by atoms with Gasteiger partial charge in [-0.05, 0) is 17.7 Å². The van der Waals surface area contributed by atoms with Crippen LogP contribution in [-0.2, 0) is 16.1 Å². The summed E-state index contributed by atoms with van der Waals surface area (Å²) < 4.78 is 5.16. The van der Waals surface area contributed by atoms with Gasteiger partial charge >= 0.3 is 5.97 Å². The Bertz CT molecular complexity index is 758. The number of nitro groups is 1. The second-order valence-electron chi connectivity index (χ2n) is 4.73. The number of para-hydroxylation sites is 1. The van der Waals surface area contributed by atoms with Gasteiger partial charge in [0.1, 0.15) is 6.61 Å². The smallest absolute Gasteiger partial charge is 0.340 e. The fourth-order valence-electron chi connectivity index (χ4n) is 1.95. The number of hydrogen-bond acceptors (Lipinski definition) is 5. The predicted molar refractivity (Wildman–Crippen MR) is 83.0 cm³/mol. The molecule has 0 aliphatic heterocycles. The summed E-state index contributed by atoms with van der Waals surface area (Å²) in [5, 5.41) is 13.3. The summed E-state index contributed by atoms with van der Waals surface area (Å²) in [5.74, 6) is -0.926. The lowest BCUT2D eigenvalue weighted by Crippen LogP contribution is -2.12. The van der Waals surface area contributed by atoms with Crippen LogP contribution < -0.4 is 5.32 Å². The van der Waals surface area contributed by atoms with Crippen molar-refractivity contribution in [2.75, 3.05) is 5.32 Å². The first-order valence-electron chi connectivity index (χ1n) is 6.74. The number of benzene rings is 2. The van der Waals surface area contributed by atoms with Crippen molar-refractivity contribution < 1.29 is 19.2 Å². The van der Waals surface area contributed by atoms with E-state index in [0.717, 1.165) is 0 Å². The zero-order chi connectivity index (χ0) is 16.8. The second kappa shape index (κ2) is 7.17. The Hall–Kier alpha value is -3.22. The molecule has 0 spiro atoms. The molecule has 1 N–H and O–H groups in total. The number of nitro benzene ring substituents is 1. The minimum Gasteiger partial charge on any atom is -0.457 e. The maximum absolute atomic E-state index is 12.1. The number of anilines is 1. The van der Waals surface area contributed by atoms with Crippen molar-refractivity contribution in [3.63, 3.8) is 0 Å². The summed E-state index contributed by atoms with van der Waals surface area (Å²) in [6, 6.07) is 12.3. The Kier molecular flexibility index (Phi) is 5.03. The monoisotopic (exact) mass is 314 g/mol. The summed E-state index contributed by atoms with van der Waals surface area (Å²) in [5.41, 5.74) is 0.999. The minimum absolute atomic E-state index is 0.0720. The van der Waals surface area contributed by atoms with Gasteiger partial charge < -0.3 is 10.1 Å². The van der Waals surface area contributed by atoms with Gasteiger partial charge in [-0.15, -0.1) is 0 Å². The number of ether oxygens (including phenoxy) is 1. The average molecular weight is 314 g/mol. The van der Waals surface area contributed by atoms with Crippen molar-refractivity contribution >= 4 is 23.3 Å². The van der Waals surface area contributed by atoms with Gasteiger partial charge in [0.05, 0.1) is 16.2 Å². The van der Waals surface area contributed by atoms with Crippen molar-refractivity contribution in [2.45, 2.75) is 13.5 Å². The highest BCUT2D eigenvalue weighted by atomic mass is 16.6. The van der Waals surface area contributed by atoms with E-state index >= 15 is 0 Å². The number of nitrogens with zero attached hydrogens (tertiary/aromatic N) is 1. The lowest BCUT2D eigenvalue weighted by molar-refractivity contribution is -0.384. The van der Waals surface area contributed by atoms with Crippen LogP contribution in [0.1, 0.15) is 22.8 Å². The molecular weight excluding hydrogens is 300 g/mol. The third-order valence-corrected chi connectivity index (χ3v) is 2.95. The second-order valence-corrected chi connectivity index (χ2v) is 4.73. The summed E-state index contributed by atoms with van der Waals surface area (Å²) in [7, 11) is 0. The molecule has 0 fully saturated rings. The van der Waals surface area contributed by atoms with Gasteiger partial charge in [0.2, 0.25) is 5.91 Å². The van der Waals surface area contributed by atoms with Gasteiger partial charge in [0.25, 0.3) is 5.69 Å². The van der Waals surface area contributed by atoms with E-state index in [0.29, 0.717) is 11.3 Å². The average Bonchev–Trinajstić information content (AvgIpc) is 2.53. The third-order valence-electron chi connectivity index (χ3n) is 2.95. The zero-order valence-electron chi connectivity index (χ0n) is 12.3. The van der Waals surface area contributed by atoms with E-state index in [2.05, 4.69) is 5.32 Å². The molecule has 0 aliphatic carbocycles. The lowest BCUT2D eigenvalue weighted by atomic mass is 10.1. The molecule has 0 aromatic heterocycles. The van der Waals surface area contributed by atoms with E-state index in [1.54, 1.807) is 24.3 Å². The maximum Gasteiger partial charge on any atom is 0.340 e. The highest BCUT2D eigenvalue weighted by Crippen LogP contribution is 2.18. The molecule has 0 aliphatic rings. The Morgan fingerprint density at radius 2 is 1.91 bits per heavy atom. The highest BCUT2D eigenvalue weighted by molar-refractivity contribution is 6.00. The van der Waals surface area contributed by atoms with Crippen LogP contribution in [0.25, 0.3) is 0 Å². The van der Waals surface area contributed by atoms with Gasteiger partial charge in [0.15, 0.2) is 0 Å². The molecule has 0 saturated carbocycles. The van der Waals surface area contributed by atoms with Crippen molar-refractivity contribution in [1.29, 1.82) is 0 Å². The van der Waals surface area contributed by atoms with E-state index in [1.807, 2.05) is 0 Å². The molecular formula is C16H14N2O5. The Balaban J connectivity index is 2.10. The standard InChI is InChI=1S/C16H14N2O5/c1-11(19)17-15-8-3-2-7-14(15)16(20)23-10-12-5-4-6-13(9-12)18(21)22/h2-9H,10H2,1H3,(H,17,19). The van der Waals surface area contributed by atoms with E-state index in [9.17, 15) is 19.7 Å². The van der Waals surface area contributed by atoms with Gasteiger partial charge in [0, 0.05) is 19.1 Å². The third kappa shape index (κ3) is 4.37. The van der Waals surface area contributed by atoms with E-state index < -0.39 is 10.9 Å². The molecule has 1 amide bonds. The number of nitrogens with one attached hydrogen (secondary N) is 1. The van der Waals surface area contributed by atoms with Crippen LogP contribution in [-0.4, -0.2) is 16.8 Å². The fraction of sp³-hybridized carbons (Fsp3) is 0.125. The highest BCUT2D eigenvalue weighted by Gasteiger charge is 2.14. The normalized spacial score (nSPS) is 9.96. The zero-order valence-corrected chi connectivity index (χ0v) is 12.3. The van der Waals surface area contributed by atoms with Crippen LogP contribution in [0.15, 0.2) is 48.5 Å². The molecule has 0 bridgehead atoms. The van der Waals surface area contributed by atoms with E-state index in [1.165, 1.54) is 31.2 Å². The van der Waals surface area contributed by atoms with Crippen LogP contribution >= 0.6 is 0 Å². The number of carbonyl (C=O) groups excluding carboxylic acids is 2. The number of amides is 1. The summed E-state index contributed by atoms with van der Waals surface area (Å²) in [4.78, 5) is 33.5. The van der Waals surface area contributed by atoms with Crippen molar-refractivity contribution in [3.8, 4) is 0 Å². The molecule has 0 unspecified atom stereocenters. The summed E-state index contributed by atoms with van der Waals surface area (Å²) in [6.07, 6.45) is 0. The van der Waals surface area contributed by atoms with Crippen molar-refractivity contribution in [3.05, 3.63) is 69.8 Å². The van der Waals surface area contributed by atoms with Crippen LogP contribution in [0.3, 0.4) is 0 Å². The van der Waals surface area contributed by atoms with Gasteiger partial charge in [-0.1, -0.05) is 24.3 Å². The topological polar surface area (TPSA) is 98.5 Å². The Labute approximate surface area is 132 Å². The Morgan fingerprint density at radius 1 is 1.17 bits per heavy atom. The molecule has 0 atom stereocenters. The number of esters is 1. The molecule has 118 valence electrons. The number of rotatable bonds is 5. The Morgan fingerprint density at radius 3 is 2.61 bits per heavy atom. The first-order chi connectivity index (χ1) is 11.0. The van der Waals surface area contributed by atoms with Crippen molar-refractivity contribution in [2.24, 2.45) is 0 Å². The largest absolute Gasteiger partial charge is 0.457 e. The fourth-order valence-corrected chi connectivity index (χ4v) is 1.95. The van der Waals surface area contributed by atoms with Crippen LogP contribution in [0.4, 0.5) is 11.4 Å². The quantitative estimate of drug-likeness (QED) is 0.520. The van der Waals surface area contributed by atoms with E-state index in [4.69, 9.17) is 4.74 Å². The molecule has 0 heterocycles. The van der Waals surface area contributed by atoms with E-state index in [-0.39, 0.29) is 23.8 Å². The van der Waals surface area contributed by atoms with Crippen LogP contribution in [0.5, 0.6) is 0 Å². The van der Waals surface area contributed by atoms with Crippen LogP contribution in [0.2, 0.25) is 0 Å². The van der Waals surface area contributed by atoms with Gasteiger partial charge in [-0.2, -0.15) is 0 Å². The number of carbonyl (C=O) groups is 2. The maximum atomic E-state index is 12.1. The molecule has 0 radical (unpaired) electrons. The molecule has 2 aromatic rings. The first kappa shape index (κ1) is 16.2.